The minimum absolute atomic E-state index is 0.715. The van der Waals surface area contributed by atoms with Crippen LogP contribution in [0.4, 0.5) is 0 Å². The van der Waals surface area contributed by atoms with E-state index in [1.807, 2.05) is 0 Å². The van der Waals surface area contributed by atoms with Crippen LogP contribution in [0.5, 0.6) is 0 Å². The zero-order chi connectivity index (χ0) is 10.3. The van der Waals surface area contributed by atoms with Crippen LogP contribution in [-0.2, 0) is 0 Å². The number of nitrogens with zero attached hydrogens (tertiary/aromatic N) is 1. The fourth-order valence-electron chi connectivity index (χ4n) is 1.32. The second kappa shape index (κ2) is 8.16. The van der Waals surface area contributed by atoms with Crippen LogP contribution in [-0.4, -0.2) is 46.0 Å². The van der Waals surface area contributed by atoms with Gasteiger partial charge in [-0.3, -0.25) is 0 Å². The van der Waals surface area contributed by atoms with E-state index >= 15 is 0 Å². The molecule has 0 radical (unpaired) electrons. The van der Waals surface area contributed by atoms with Gasteiger partial charge < -0.3 is 0 Å². The monoisotopic (exact) mass is 287 g/mol. The first-order chi connectivity index (χ1) is 6.07. The Morgan fingerprint density at radius 3 is 2.31 bits per heavy atom. The van der Waals surface area contributed by atoms with E-state index in [1.165, 1.54) is 19.4 Å². The Bertz CT molecular complexity index is 115. The van der Waals surface area contributed by atoms with Gasteiger partial charge in [-0.1, -0.05) is 0 Å². The Hall–Kier alpha value is 0.830. The van der Waals surface area contributed by atoms with E-state index in [0.717, 1.165) is 0 Å². The second-order valence-electron chi connectivity index (χ2n) is 4.58. The van der Waals surface area contributed by atoms with Crippen molar-refractivity contribution in [2.45, 2.75) is 52.7 Å². The Morgan fingerprint density at radius 1 is 1.23 bits per heavy atom. The van der Waals surface area contributed by atoms with E-state index in [9.17, 15) is 0 Å². The summed E-state index contributed by atoms with van der Waals surface area (Å²) in [6, 6.07) is 0.715. The van der Waals surface area contributed by atoms with E-state index in [-0.39, 0.29) is 0 Å². The van der Waals surface area contributed by atoms with Crippen LogP contribution in [0.15, 0.2) is 0 Å². The molecule has 0 saturated heterocycles. The van der Waals surface area contributed by atoms with Crippen molar-refractivity contribution in [2.75, 3.05) is 13.6 Å². The molecule has 0 fully saturated rings. The number of hydrogen-bond acceptors (Lipinski definition) is 1. The molecule has 0 aromatic rings. The molecule has 78 valence electrons. The first-order valence-corrected chi connectivity index (χ1v) is 13.7. The van der Waals surface area contributed by atoms with E-state index in [0.29, 0.717) is 6.04 Å². The Balaban J connectivity index is 3.25. The normalized spacial score (nSPS) is 11.3. The zero-order valence-corrected chi connectivity index (χ0v) is 13.4. The fourth-order valence-corrected chi connectivity index (χ4v) is 5.29. The van der Waals surface area contributed by atoms with Gasteiger partial charge in [0.25, 0.3) is 0 Å². The molecule has 0 unspecified atom stereocenters. The van der Waals surface area contributed by atoms with Gasteiger partial charge in [-0.15, -0.1) is 0 Å². The van der Waals surface area contributed by atoms with Crippen LogP contribution >= 0.6 is 0 Å². The molecule has 0 aromatic carbocycles. The average Bonchev–Trinajstić information content (AvgIpc) is 2.11. The topological polar surface area (TPSA) is 3.24 Å². The molecular formula is C11H26InN. The Kier molecular flexibility index (Phi) is 8.69. The van der Waals surface area contributed by atoms with Gasteiger partial charge in [0.1, 0.15) is 0 Å². The molecule has 0 rings (SSSR count). The molecule has 0 atom stereocenters. The van der Waals surface area contributed by atoms with Crippen molar-refractivity contribution in [3.63, 3.8) is 0 Å². The first-order valence-electron chi connectivity index (χ1n) is 5.78. The Morgan fingerprint density at radius 2 is 1.85 bits per heavy atom. The average molecular weight is 287 g/mol. The Labute approximate surface area is 92.4 Å². The molecule has 0 aliphatic heterocycles. The molecule has 0 aliphatic carbocycles. The van der Waals surface area contributed by atoms with Crippen LogP contribution in [0.3, 0.4) is 0 Å². The number of unbranched alkanes of at least 4 members (excludes halogenated alkanes) is 1. The number of hydrogen-bond donors (Lipinski definition) is 0. The zero-order valence-electron chi connectivity index (χ0n) is 10.1. The maximum absolute atomic E-state index is 2.56. The summed E-state index contributed by atoms with van der Waals surface area (Å²) in [5, 5.41) is 0. The van der Waals surface area contributed by atoms with E-state index in [4.69, 9.17) is 0 Å². The standard InChI is InChI=1S/C8H18N.C2H5.CH3.In/c1-5-6-7-9(4)8(2)3;1-2;;/h8H,1,5-7H2,2-4H3;1H2,2H3;1H3;. The molecule has 0 heterocycles. The van der Waals surface area contributed by atoms with Crippen molar-refractivity contribution in [3.05, 3.63) is 0 Å². The van der Waals surface area contributed by atoms with E-state index < -0.39 is 21.4 Å². The van der Waals surface area contributed by atoms with Crippen LogP contribution in [0, 0.1) is 0 Å². The molecule has 0 N–H and O–H groups in total. The van der Waals surface area contributed by atoms with E-state index in [1.54, 1.807) is 8.35 Å². The summed E-state index contributed by atoms with van der Waals surface area (Å²) in [5.74, 6) is 0. The summed E-state index contributed by atoms with van der Waals surface area (Å²) < 4.78 is 5.72. The van der Waals surface area contributed by atoms with Gasteiger partial charge in [0, 0.05) is 0 Å². The van der Waals surface area contributed by atoms with Gasteiger partial charge in [-0.25, -0.2) is 0 Å². The van der Waals surface area contributed by atoms with Crippen molar-refractivity contribution in [3.8, 4) is 0 Å². The van der Waals surface area contributed by atoms with Crippen molar-refractivity contribution >= 4 is 21.4 Å². The third kappa shape index (κ3) is 7.87. The van der Waals surface area contributed by atoms with Gasteiger partial charge in [0.15, 0.2) is 0 Å². The second-order valence-corrected chi connectivity index (χ2v) is 14.9. The maximum atomic E-state index is 2.56. The molecule has 0 aliphatic rings. The quantitative estimate of drug-likeness (QED) is 0.650. The molecule has 0 saturated carbocycles. The molecule has 0 amide bonds. The van der Waals surface area contributed by atoms with Gasteiger partial charge >= 0.3 is 92.6 Å². The minimum atomic E-state index is -0.906. The van der Waals surface area contributed by atoms with Crippen LogP contribution in [0.2, 0.25) is 13.0 Å². The summed E-state index contributed by atoms with van der Waals surface area (Å²) in [4.78, 5) is 2.45. The molecule has 0 spiro atoms. The van der Waals surface area contributed by atoms with Crippen LogP contribution in [0.1, 0.15) is 33.6 Å². The molecule has 0 bridgehead atoms. The summed E-state index contributed by atoms with van der Waals surface area (Å²) >= 11 is -0.906. The van der Waals surface area contributed by atoms with Crippen LogP contribution < -0.4 is 0 Å². The van der Waals surface area contributed by atoms with E-state index in [2.05, 4.69) is 37.4 Å². The van der Waals surface area contributed by atoms with Gasteiger partial charge in [0.2, 0.25) is 0 Å². The predicted octanol–water partition coefficient (Wildman–Crippen LogP) is 3.25. The van der Waals surface area contributed by atoms with Crippen molar-refractivity contribution in [2.24, 2.45) is 0 Å². The fraction of sp³-hybridized carbons (Fsp3) is 1.00. The summed E-state index contributed by atoms with van der Waals surface area (Å²) in [5.41, 5.74) is 0. The van der Waals surface area contributed by atoms with Crippen LogP contribution in [0.25, 0.3) is 0 Å². The molecule has 13 heavy (non-hydrogen) atoms. The van der Waals surface area contributed by atoms with Gasteiger partial charge in [0.05, 0.1) is 0 Å². The third-order valence-electron chi connectivity index (χ3n) is 3.04. The molecule has 2 heteroatoms. The number of rotatable bonds is 7. The molecule has 0 aromatic heterocycles. The summed E-state index contributed by atoms with van der Waals surface area (Å²) in [7, 11) is 2.23. The first kappa shape index (κ1) is 13.8. The van der Waals surface area contributed by atoms with Crippen molar-refractivity contribution < 1.29 is 0 Å². The molecule has 1 nitrogen and oxygen atoms in total. The third-order valence-corrected chi connectivity index (χ3v) is 11.0. The van der Waals surface area contributed by atoms with Crippen molar-refractivity contribution in [1.29, 1.82) is 0 Å². The van der Waals surface area contributed by atoms with Gasteiger partial charge in [-0.2, -0.15) is 0 Å². The molecular weight excluding hydrogens is 261 g/mol. The summed E-state index contributed by atoms with van der Waals surface area (Å²) in [6.45, 7) is 8.21. The SMILES string of the molecule is C[CH2][In]([CH3])[CH2]CCCN(C)C(C)C. The summed E-state index contributed by atoms with van der Waals surface area (Å²) in [6.07, 6.45) is 2.90. The van der Waals surface area contributed by atoms with Gasteiger partial charge in [-0.05, 0) is 0 Å². The predicted molar refractivity (Wildman–Crippen MR) is 63.9 cm³/mol. The van der Waals surface area contributed by atoms with Crippen molar-refractivity contribution in [1.82, 2.24) is 4.90 Å².